The molecule has 1 amide bonds. The minimum absolute atomic E-state index is 0.229. The second-order valence-electron chi connectivity index (χ2n) is 7.77. The summed E-state index contributed by atoms with van der Waals surface area (Å²) in [5, 5.41) is 3.86. The van der Waals surface area contributed by atoms with Crippen molar-refractivity contribution < 1.29 is 14.3 Å². The molecule has 1 unspecified atom stereocenters. The van der Waals surface area contributed by atoms with E-state index in [4.69, 9.17) is 21.1 Å². The second kappa shape index (κ2) is 10.9. The van der Waals surface area contributed by atoms with Crippen LogP contribution in [0.15, 0.2) is 18.0 Å². The van der Waals surface area contributed by atoms with Crippen molar-refractivity contribution in [1.29, 1.82) is 0 Å². The number of nitrogens with one attached hydrogen (secondary N) is 1. The van der Waals surface area contributed by atoms with Crippen LogP contribution in [0, 0.1) is 12.8 Å². The fraction of sp³-hybridized carbons (Fsp3) is 0.619. The largest absolute Gasteiger partial charge is 0.489 e. The predicted molar refractivity (Wildman–Crippen MR) is 113 cm³/mol. The summed E-state index contributed by atoms with van der Waals surface area (Å²) in [5.74, 6) is 7.14. The molecule has 5 N–H and O–H groups in total. The van der Waals surface area contributed by atoms with Crippen LogP contribution in [-0.4, -0.2) is 35.8 Å². The van der Waals surface area contributed by atoms with Gasteiger partial charge in [-0.2, -0.15) is 0 Å². The Morgan fingerprint density at radius 1 is 1.34 bits per heavy atom. The molecule has 1 atom stereocenters. The van der Waals surface area contributed by atoms with Crippen molar-refractivity contribution in [2.45, 2.75) is 65.4 Å². The van der Waals surface area contributed by atoms with Crippen molar-refractivity contribution in [3.63, 3.8) is 0 Å². The SMILES string of the molecule is CCC(C)COC(=O)N/C(=C(/N)c1ccc(OC2CCCCC2)c(C)n1)N(C)N. The van der Waals surface area contributed by atoms with Crippen LogP contribution in [0.2, 0.25) is 0 Å². The van der Waals surface area contributed by atoms with Crippen LogP contribution in [0.3, 0.4) is 0 Å². The molecule has 162 valence electrons. The summed E-state index contributed by atoms with van der Waals surface area (Å²) in [7, 11) is 1.59. The zero-order valence-electron chi connectivity index (χ0n) is 18.0. The van der Waals surface area contributed by atoms with E-state index >= 15 is 0 Å². The molecular formula is C21H35N5O3. The summed E-state index contributed by atoms with van der Waals surface area (Å²) in [6.45, 7) is 6.26. The molecule has 1 heterocycles. The molecule has 1 aromatic rings. The summed E-state index contributed by atoms with van der Waals surface area (Å²) in [6, 6.07) is 3.64. The van der Waals surface area contributed by atoms with Crippen molar-refractivity contribution in [3.05, 3.63) is 29.3 Å². The average molecular weight is 406 g/mol. The monoisotopic (exact) mass is 405 g/mol. The number of nitrogens with zero attached hydrogens (tertiary/aromatic N) is 2. The predicted octanol–water partition coefficient (Wildman–Crippen LogP) is 3.26. The van der Waals surface area contributed by atoms with E-state index in [1.54, 1.807) is 13.1 Å². The number of ether oxygens (including phenoxy) is 2. The van der Waals surface area contributed by atoms with Gasteiger partial charge >= 0.3 is 6.09 Å². The van der Waals surface area contributed by atoms with Gasteiger partial charge < -0.3 is 15.2 Å². The Labute approximate surface area is 173 Å². The zero-order chi connectivity index (χ0) is 21.4. The Kier molecular flexibility index (Phi) is 8.57. The highest BCUT2D eigenvalue weighted by Gasteiger charge is 2.18. The van der Waals surface area contributed by atoms with Crippen LogP contribution in [0.1, 0.15) is 63.8 Å². The van der Waals surface area contributed by atoms with Crippen molar-refractivity contribution >= 4 is 11.8 Å². The molecule has 1 saturated carbocycles. The minimum Gasteiger partial charge on any atom is -0.489 e. The van der Waals surface area contributed by atoms with E-state index < -0.39 is 6.09 Å². The van der Waals surface area contributed by atoms with Crippen molar-refractivity contribution in [1.82, 2.24) is 15.3 Å². The molecule has 0 aliphatic heterocycles. The molecule has 1 aliphatic rings. The number of alkyl carbamates (subject to hydrolysis) is 1. The molecule has 1 fully saturated rings. The summed E-state index contributed by atoms with van der Waals surface area (Å²) in [5.41, 5.74) is 7.76. The van der Waals surface area contributed by atoms with Crippen molar-refractivity contribution in [2.75, 3.05) is 13.7 Å². The average Bonchev–Trinajstić information content (AvgIpc) is 2.71. The molecule has 8 heteroatoms. The van der Waals surface area contributed by atoms with Gasteiger partial charge in [0.25, 0.3) is 0 Å². The molecule has 1 aliphatic carbocycles. The van der Waals surface area contributed by atoms with Gasteiger partial charge in [-0.3, -0.25) is 10.3 Å². The first kappa shape index (κ1) is 22.8. The first-order valence-corrected chi connectivity index (χ1v) is 10.4. The number of pyridine rings is 1. The Morgan fingerprint density at radius 2 is 2.03 bits per heavy atom. The summed E-state index contributed by atoms with van der Waals surface area (Å²) in [4.78, 5) is 16.7. The van der Waals surface area contributed by atoms with Crippen LogP contribution in [0.25, 0.3) is 5.70 Å². The van der Waals surface area contributed by atoms with Gasteiger partial charge in [-0.25, -0.2) is 15.6 Å². The molecule has 29 heavy (non-hydrogen) atoms. The lowest BCUT2D eigenvalue weighted by molar-refractivity contribution is 0.129. The van der Waals surface area contributed by atoms with E-state index in [0.717, 1.165) is 30.7 Å². The highest BCUT2D eigenvalue weighted by atomic mass is 16.5. The third-order valence-electron chi connectivity index (χ3n) is 5.18. The van der Waals surface area contributed by atoms with E-state index in [9.17, 15) is 4.79 Å². The first-order chi connectivity index (χ1) is 13.8. The fourth-order valence-corrected chi connectivity index (χ4v) is 3.12. The Balaban J connectivity index is 2.12. The van der Waals surface area contributed by atoms with Crippen LogP contribution in [0.4, 0.5) is 4.79 Å². The molecule has 2 rings (SSSR count). The minimum atomic E-state index is -0.602. The van der Waals surface area contributed by atoms with Crippen molar-refractivity contribution in [2.24, 2.45) is 17.5 Å². The maximum Gasteiger partial charge on any atom is 0.412 e. The van der Waals surface area contributed by atoms with Gasteiger partial charge in [-0.15, -0.1) is 0 Å². The number of aromatic nitrogens is 1. The second-order valence-corrected chi connectivity index (χ2v) is 7.77. The van der Waals surface area contributed by atoms with Gasteiger partial charge in [0.15, 0.2) is 5.82 Å². The quantitative estimate of drug-likeness (QED) is 0.449. The first-order valence-electron chi connectivity index (χ1n) is 10.4. The molecule has 0 saturated heterocycles. The van der Waals surface area contributed by atoms with Crippen molar-refractivity contribution in [3.8, 4) is 5.75 Å². The van der Waals surface area contributed by atoms with E-state index in [1.807, 2.05) is 26.8 Å². The number of nitrogens with two attached hydrogens (primary N) is 2. The summed E-state index contributed by atoms with van der Waals surface area (Å²) >= 11 is 0. The number of hydrogen-bond donors (Lipinski definition) is 3. The number of hydrogen-bond acceptors (Lipinski definition) is 7. The van der Waals surface area contributed by atoms with E-state index in [0.29, 0.717) is 12.3 Å². The van der Waals surface area contributed by atoms with Crippen LogP contribution < -0.4 is 21.6 Å². The maximum atomic E-state index is 12.1. The van der Waals surface area contributed by atoms with Crippen LogP contribution in [-0.2, 0) is 4.74 Å². The summed E-state index contributed by atoms with van der Waals surface area (Å²) in [6.07, 6.45) is 6.41. The standard InChI is InChI=1S/C21H35N5O3/c1-5-14(2)13-28-21(27)25-20(26(4)23)19(22)17-11-12-18(15(3)24-17)29-16-9-7-6-8-10-16/h11-12,14,16H,5-10,13,22-23H2,1-4H3,(H,25,27)/b20-19-. The Morgan fingerprint density at radius 3 is 2.62 bits per heavy atom. The lowest BCUT2D eigenvalue weighted by Crippen LogP contribution is -2.39. The molecule has 8 nitrogen and oxygen atoms in total. The highest BCUT2D eigenvalue weighted by molar-refractivity contribution is 5.74. The molecule has 0 bridgehead atoms. The number of aryl methyl sites for hydroxylation is 1. The Hall–Kier alpha value is -2.48. The number of amides is 1. The van der Waals surface area contributed by atoms with Gasteiger partial charge in [0.2, 0.25) is 0 Å². The lowest BCUT2D eigenvalue weighted by Gasteiger charge is -2.24. The fourth-order valence-electron chi connectivity index (χ4n) is 3.12. The van der Waals surface area contributed by atoms with E-state index in [1.165, 1.54) is 24.3 Å². The van der Waals surface area contributed by atoms with Gasteiger partial charge in [0.05, 0.1) is 24.1 Å². The normalized spacial score (nSPS) is 16.6. The number of carbonyl (C=O) groups is 1. The lowest BCUT2D eigenvalue weighted by atomic mass is 9.98. The van der Waals surface area contributed by atoms with Crippen LogP contribution >= 0.6 is 0 Å². The summed E-state index contributed by atoms with van der Waals surface area (Å²) < 4.78 is 11.3. The molecule has 0 aromatic carbocycles. The topological polar surface area (TPSA) is 116 Å². The van der Waals surface area contributed by atoms with Gasteiger partial charge in [0, 0.05) is 7.05 Å². The van der Waals surface area contributed by atoms with E-state index in [-0.39, 0.29) is 23.5 Å². The smallest absolute Gasteiger partial charge is 0.412 e. The zero-order valence-corrected chi connectivity index (χ0v) is 18.0. The molecule has 1 aromatic heterocycles. The molecule has 0 radical (unpaired) electrons. The van der Waals surface area contributed by atoms with Gasteiger partial charge in [0.1, 0.15) is 11.4 Å². The third kappa shape index (κ3) is 6.81. The van der Waals surface area contributed by atoms with Gasteiger partial charge in [-0.05, 0) is 50.7 Å². The molecular weight excluding hydrogens is 370 g/mol. The molecule has 0 spiro atoms. The Bertz CT molecular complexity index is 714. The maximum absolute atomic E-state index is 12.1. The number of hydrazine groups is 1. The van der Waals surface area contributed by atoms with E-state index in [2.05, 4.69) is 10.3 Å². The highest BCUT2D eigenvalue weighted by Crippen LogP contribution is 2.26. The van der Waals surface area contributed by atoms with Crippen LogP contribution in [0.5, 0.6) is 5.75 Å². The van der Waals surface area contributed by atoms with Gasteiger partial charge in [-0.1, -0.05) is 26.7 Å². The number of rotatable bonds is 8. The third-order valence-corrected chi connectivity index (χ3v) is 5.18. The number of carbonyl (C=O) groups excluding carboxylic acids is 1.